The van der Waals surface area contributed by atoms with Crippen molar-refractivity contribution in [3.8, 4) is 22.3 Å². The molecule has 2 nitrogen and oxygen atoms in total. The van der Waals surface area contributed by atoms with E-state index in [-0.39, 0.29) is 5.63 Å². The first-order valence-corrected chi connectivity index (χ1v) is 9.72. The quantitative estimate of drug-likeness (QED) is 0.381. The van der Waals surface area contributed by atoms with Gasteiger partial charge in [-0.05, 0) is 83.8 Å². The van der Waals surface area contributed by atoms with Crippen molar-refractivity contribution in [3.05, 3.63) is 93.3 Å². The predicted molar refractivity (Wildman–Crippen MR) is 117 cm³/mol. The van der Waals surface area contributed by atoms with Crippen LogP contribution in [0.4, 0.5) is 0 Å². The van der Waals surface area contributed by atoms with Crippen molar-refractivity contribution < 1.29 is 4.42 Å². The van der Waals surface area contributed by atoms with Crippen LogP contribution in [0.15, 0.2) is 69.9 Å². The Hall–Kier alpha value is -3.13. The van der Waals surface area contributed by atoms with Gasteiger partial charge < -0.3 is 4.42 Å². The second-order valence-corrected chi connectivity index (χ2v) is 7.47. The fraction of sp³-hybridized carbons (Fsp3) is 0.192. The summed E-state index contributed by atoms with van der Waals surface area (Å²) >= 11 is 0. The Balaban J connectivity index is 2.04. The van der Waals surface area contributed by atoms with E-state index in [9.17, 15) is 4.79 Å². The maximum absolute atomic E-state index is 12.2. The molecule has 0 saturated heterocycles. The molecule has 140 valence electrons. The Kier molecular flexibility index (Phi) is 4.64. The van der Waals surface area contributed by atoms with E-state index in [2.05, 4.69) is 45.9 Å². The lowest BCUT2D eigenvalue weighted by atomic mass is 9.89. The highest BCUT2D eigenvalue weighted by Gasteiger charge is 2.15. The number of hydrogen-bond donors (Lipinski definition) is 0. The minimum atomic E-state index is -0.321. The molecule has 4 rings (SSSR count). The summed E-state index contributed by atoms with van der Waals surface area (Å²) in [6.45, 7) is 8.61. The molecule has 28 heavy (non-hydrogen) atoms. The number of aryl methyl sites for hydroxylation is 4. The van der Waals surface area contributed by atoms with Gasteiger partial charge in [0.2, 0.25) is 0 Å². The third kappa shape index (κ3) is 3.16. The van der Waals surface area contributed by atoms with Crippen molar-refractivity contribution in [2.75, 3.05) is 0 Å². The van der Waals surface area contributed by atoms with Gasteiger partial charge in [0, 0.05) is 11.5 Å². The van der Waals surface area contributed by atoms with E-state index in [1.165, 1.54) is 27.8 Å². The molecule has 0 fully saturated rings. The van der Waals surface area contributed by atoms with Crippen LogP contribution in [0.2, 0.25) is 0 Å². The molecular formula is C26H24O2. The molecular weight excluding hydrogens is 344 g/mol. The molecule has 4 aromatic rings. The second-order valence-electron chi connectivity index (χ2n) is 7.47. The summed E-state index contributed by atoms with van der Waals surface area (Å²) in [4.78, 5) is 12.2. The van der Waals surface area contributed by atoms with Gasteiger partial charge in [0.25, 0.3) is 0 Å². The van der Waals surface area contributed by atoms with Crippen LogP contribution >= 0.6 is 0 Å². The van der Waals surface area contributed by atoms with E-state index in [1.54, 1.807) is 6.07 Å². The fourth-order valence-electron chi connectivity index (χ4n) is 4.12. The van der Waals surface area contributed by atoms with Crippen molar-refractivity contribution >= 4 is 11.0 Å². The molecule has 0 N–H and O–H groups in total. The standard InChI is InChI=1S/C26H24O2/c1-5-19-11-17(3)26(18(4)12-19)21-14-23-22(20-9-7-6-8-10-20)15-25(27)28-24(23)13-16(21)2/h6-15H,5H2,1-4H3. The zero-order valence-electron chi connectivity index (χ0n) is 16.8. The molecule has 0 aliphatic carbocycles. The largest absolute Gasteiger partial charge is 0.423 e. The number of rotatable bonds is 3. The SMILES string of the molecule is CCc1cc(C)c(-c2cc3c(-c4ccccc4)cc(=O)oc3cc2C)c(C)c1. The first kappa shape index (κ1) is 18.2. The zero-order chi connectivity index (χ0) is 19.8. The topological polar surface area (TPSA) is 30.2 Å². The normalized spacial score (nSPS) is 11.1. The minimum Gasteiger partial charge on any atom is -0.423 e. The Labute approximate surface area is 165 Å². The van der Waals surface area contributed by atoms with E-state index in [0.29, 0.717) is 5.58 Å². The third-order valence-corrected chi connectivity index (χ3v) is 5.44. The van der Waals surface area contributed by atoms with Crippen LogP contribution in [0, 0.1) is 20.8 Å². The van der Waals surface area contributed by atoms with Gasteiger partial charge in [-0.3, -0.25) is 0 Å². The van der Waals surface area contributed by atoms with Crippen molar-refractivity contribution in [3.63, 3.8) is 0 Å². The highest BCUT2D eigenvalue weighted by Crippen LogP contribution is 2.36. The van der Waals surface area contributed by atoms with Crippen LogP contribution < -0.4 is 5.63 Å². The molecule has 3 aromatic carbocycles. The Bertz CT molecular complexity index is 1210. The van der Waals surface area contributed by atoms with E-state index < -0.39 is 0 Å². The fourth-order valence-corrected chi connectivity index (χ4v) is 4.12. The van der Waals surface area contributed by atoms with Crippen LogP contribution in [0.25, 0.3) is 33.2 Å². The minimum absolute atomic E-state index is 0.321. The molecule has 0 spiro atoms. The number of hydrogen-bond acceptors (Lipinski definition) is 2. The van der Waals surface area contributed by atoms with E-state index >= 15 is 0 Å². The van der Waals surface area contributed by atoms with Gasteiger partial charge >= 0.3 is 5.63 Å². The van der Waals surface area contributed by atoms with Gasteiger partial charge in [0.1, 0.15) is 5.58 Å². The average molecular weight is 368 g/mol. The van der Waals surface area contributed by atoms with E-state index in [4.69, 9.17) is 4.42 Å². The lowest BCUT2D eigenvalue weighted by Crippen LogP contribution is -2.00. The van der Waals surface area contributed by atoms with Crippen LogP contribution in [-0.4, -0.2) is 0 Å². The van der Waals surface area contributed by atoms with Crippen molar-refractivity contribution in [1.82, 2.24) is 0 Å². The van der Waals surface area contributed by atoms with Crippen molar-refractivity contribution in [1.29, 1.82) is 0 Å². The van der Waals surface area contributed by atoms with Crippen molar-refractivity contribution in [2.24, 2.45) is 0 Å². The van der Waals surface area contributed by atoms with E-state index in [1.807, 2.05) is 36.4 Å². The van der Waals surface area contributed by atoms with Gasteiger partial charge in [0.05, 0.1) is 0 Å². The molecule has 1 heterocycles. The molecule has 2 heteroatoms. The molecule has 0 aliphatic rings. The summed E-state index contributed by atoms with van der Waals surface area (Å²) in [5.74, 6) is 0. The zero-order valence-corrected chi connectivity index (χ0v) is 16.8. The Morgan fingerprint density at radius 3 is 2.11 bits per heavy atom. The van der Waals surface area contributed by atoms with Gasteiger partial charge in [-0.25, -0.2) is 4.79 Å². The molecule has 0 amide bonds. The summed E-state index contributed by atoms with van der Waals surface area (Å²) < 4.78 is 5.54. The predicted octanol–water partition coefficient (Wildman–Crippen LogP) is 6.61. The number of fused-ring (bicyclic) bond motifs is 1. The lowest BCUT2D eigenvalue weighted by molar-refractivity contribution is 0.561. The van der Waals surface area contributed by atoms with Gasteiger partial charge in [-0.2, -0.15) is 0 Å². The smallest absolute Gasteiger partial charge is 0.336 e. The second kappa shape index (κ2) is 7.12. The molecule has 0 saturated carbocycles. The highest BCUT2D eigenvalue weighted by molar-refractivity contribution is 5.97. The van der Waals surface area contributed by atoms with Crippen LogP contribution in [0.5, 0.6) is 0 Å². The molecule has 0 atom stereocenters. The summed E-state index contributed by atoms with van der Waals surface area (Å²) in [6.07, 6.45) is 1.03. The molecule has 1 aromatic heterocycles. The summed E-state index contributed by atoms with van der Waals surface area (Å²) in [5, 5.41) is 0.963. The van der Waals surface area contributed by atoms with Gasteiger partial charge in [-0.15, -0.1) is 0 Å². The summed E-state index contributed by atoms with van der Waals surface area (Å²) in [5.41, 5.74) is 9.71. The average Bonchev–Trinajstić information content (AvgIpc) is 2.68. The molecule has 0 radical (unpaired) electrons. The van der Waals surface area contributed by atoms with Crippen LogP contribution in [-0.2, 0) is 6.42 Å². The monoisotopic (exact) mass is 368 g/mol. The number of benzene rings is 3. The molecule has 0 bridgehead atoms. The first-order valence-electron chi connectivity index (χ1n) is 9.72. The molecule has 0 unspecified atom stereocenters. The van der Waals surface area contributed by atoms with Crippen molar-refractivity contribution in [2.45, 2.75) is 34.1 Å². The maximum atomic E-state index is 12.2. The maximum Gasteiger partial charge on any atom is 0.336 e. The lowest BCUT2D eigenvalue weighted by Gasteiger charge is -2.16. The summed E-state index contributed by atoms with van der Waals surface area (Å²) in [6, 6.07) is 20.3. The van der Waals surface area contributed by atoms with E-state index in [0.717, 1.165) is 28.5 Å². The first-order chi connectivity index (χ1) is 13.5. The highest BCUT2D eigenvalue weighted by atomic mass is 16.4. The molecule has 0 aliphatic heterocycles. The third-order valence-electron chi connectivity index (χ3n) is 5.44. The Morgan fingerprint density at radius 1 is 0.786 bits per heavy atom. The Morgan fingerprint density at radius 2 is 1.46 bits per heavy atom. The van der Waals surface area contributed by atoms with Gasteiger partial charge in [0.15, 0.2) is 0 Å². The summed E-state index contributed by atoms with van der Waals surface area (Å²) in [7, 11) is 0. The van der Waals surface area contributed by atoms with Crippen LogP contribution in [0.3, 0.4) is 0 Å². The van der Waals surface area contributed by atoms with Gasteiger partial charge in [-0.1, -0.05) is 49.4 Å². The van der Waals surface area contributed by atoms with Crippen LogP contribution in [0.1, 0.15) is 29.2 Å².